The van der Waals surface area contributed by atoms with Crippen molar-refractivity contribution in [3.8, 4) is 0 Å². The van der Waals surface area contributed by atoms with E-state index in [4.69, 9.17) is 14.2 Å². The van der Waals surface area contributed by atoms with Gasteiger partial charge in [-0.15, -0.1) is 0 Å². The van der Waals surface area contributed by atoms with Crippen LogP contribution in [0, 0.1) is 0 Å². The molecule has 0 bridgehead atoms. The molecule has 0 N–H and O–H groups in total. The zero-order chi connectivity index (χ0) is 58.5. The van der Waals surface area contributed by atoms with Crippen LogP contribution < -0.4 is 0 Å². The summed E-state index contributed by atoms with van der Waals surface area (Å²) in [4.78, 5) is 38.3. The van der Waals surface area contributed by atoms with Gasteiger partial charge in [-0.2, -0.15) is 0 Å². The lowest BCUT2D eigenvalue weighted by Crippen LogP contribution is -2.30. The summed E-state index contributed by atoms with van der Waals surface area (Å²) in [7, 11) is 0. The van der Waals surface area contributed by atoms with Crippen LogP contribution in [-0.4, -0.2) is 37.2 Å². The minimum absolute atomic E-state index is 0.0999. The van der Waals surface area contributed by atoms with Gasteiger partial charge in [0.05, 0.1) is 0 Å². The summed E-state index contributed by atoms with van der Waals surface area (Å²) < 4.78 is 16.9. The maximum absolute atomic E-state index is 12.9. The maximum Gasteiger partial charge on any atom is 0.306 e. The molecule has 0 rings (SSSR count). The van der Waals surface area contributed by atoms with Crippen molar-refractivity contribution in [2.24, 2.45) is 0 Å². The highest BCUT2D eigenvalue weighted by Gasteiger charge is 2.19. The van der Waals surface area contributed by atoms with Crippen molar-refractivity contribution >= 4 is 17.9 Å². The van der Waals surface area contributed by atoms with E-state index < -0.39 is 6.10 Å². The number of hydrogen-bond acceptors (Lipinski definition) is 6. The van der Waals surface area contributed by atoms with Gasteiger partial charge in [0.25, 0.3) is 0 Å². The van der Waals surface area contributed by atoms with E-state index in [1.807, 2.05) is 0 Å². The molecule has 0 aliphatic heterocycles. The van der Waals surface area contributed by atoms with Crippen LogP contribution in [0.3, 0.4) is 0 Å². The maximum atomic E-state index is 12.9. The fourth-order valence-corrected chi connectivity index (χ4v) is 9.14. The van der Waals surface area contributed by atoms with Crippen LogP contribution in [0.5, 0.6) is 0 Å². The Morgan fingerprint density at radius 2 is 0.481 bits per heavy atom. The second-order valence-corrected chi connectivity index (χ2v) is 22.0. The SMILES string of the molecule is CC/C=C\C/C=C\C/C=C\C/C=C\C/C=C\C/C=C\CCCCC(=O)OC(COC(=O)CCCCCCC/C=C\CCCCCC)COC(=O)CCCCCCCCCCCCCCCCCC/C=C\C/C=C\C/C=C\C/C=C\CC. The third-order valence-electron chi connectivity index (χ3n) is 14.1. The highest BCUT2D eigenvalue weighted by Crippen LogP contribution is 2.16. The van der Waals surface area contributed by atoms with Gasteiger partial charge in [-0.1, -0.05) is 283 Å². The number of carbonyl (C=O) groups is 3. The largest absolute Gasteiger partial charge is 0.462 e. The van der Waals surface area contributed by atoms with Crippen LogP contribution in [0.25, 0.3) is 0 Å². The molecule has 6 nitrogen and oxygen atoms in total. The minimum atomic E-state index is -0.809. The third kappa shape index (κ3) is 66.2. The van der Waals surface area contributed by atoms with E-state index in [9.17, 15) is 14.4 Å². The summed E-state index contributed by atoms with van der Waals surface area (Å²) in [6, 6.07) is 0. The first-order valence-electron chi connectivity index (χ1n) is 33.7. The van der Waals surface area contributed by atoms with Gasteiger partial charge < -0.3 is 14.2 Å². The number of allylic oxidation sites excluding steroid dienone is 22. The van der Waals surface area contributed by atoms with Crippen LogP contribution in [0.15, 0.2) is 134 Å². The van der Waals surface area contributed by atoms with Gasteiger partial charge in [0.15, 0.2) is 6.10 Å². The van der Waals surface area contributed by atoms with Gasteiger partial charge in [-0.05, 0) is 135 Å². The van der Waals surface area contributed by atoms with Crippen molar-refractivity contribution in [3.05, 3.63) is 134 Å². The summed E-state index contributed by atoms with van der Waals surface area (Å²) in [6.45, 7) is 6.37. The van der Waals surface area contributed by atoms with Crippen molar-refractivity contribution in [2.45, 2.75) is 309 Å². The molecule has 460 valence electrons. The molecule has 0 heterocycles. The molecule has 0 aromatic heterocycles. The van der Waals surface area contributed by atoms with Crippen molar-refractivity contribution < 1.29 is 28.6 Å². The Hall–Kier alpha value is -4.45. The topological polar surface area (TPSA) is 78.9 Å². The molecule has 0 aromatic carbocycles. The van der Waals surface area contributed by atoms with Crippen molar-refractivity contribution in [1.82, 2.24) is 0 Å². The monoisotopic (exact) mass is 1120 g/mol. The average molecular weight is 1120 g/mol. The summed E-state index contributed by atoms with van der Waals surface area (Å²) in [5.41, 5.74) is 0. The van der Waals surface area contributed by atoms with Crippen molar-refractivity contribution in [1.29, 1.82) is 0 Å². The summed E-state index contributed by atoms with van der Waals surface area (Å²) in [5.74, 6) is -0.947. The fraction of sp³-hybridized carbons (Fsp3) is 0.667. The van der Waals surface area contributed by atoms with Crippen LogP contribution in [-0.2, 0) is 28.6 Å². The standard InChI is InChI=1S/C75H124O6/c1-4-7-10-13-16-19-22-25-27-29-31-33-34-35-36-37-38-39-40-42-43-45-47-50-53-56-59-62-65-68-74(77)80-71-72(70-79-73(76)67-64-61-58-55-52-49-24-21-18-15-12-9-6-3)81-75(78)69-66-63-60-57-54-51-48-46-44-41-32-30-28-26-23-20-17-14-11-8-5-2/h7-8,10-11,16-17,19-21,24-28,31-33,41,46,48,54,57,72H,4-6,9,12-15,18,22-23,29-30,34-40,42-45,47,49-53,55-56,58-71H2,1-3H3/b10-7-,11-8-,19-16-,20-17-,24-21-,27-25-,28-26-,33-31-,41-32-,48-46-,57-54-. The Balaban J connectivity index is 4.34. The Morgan fingerprint density at radius 3 is 0.790 bits per heavy atom. The Bertz CT molecular complexity index is 1720. The number of rotatable bonds is 60. The van der Waals surface area contributed by atoms with E-state index in [0.717, 1.165) is 128 Å². The highest BCUT2D eigenvalue weighted by atomic mass is 16.6. The number of carbonyl (C=O) groups excluding carboxylic acids is 3. The molecule has 6 heteroatoms. The summed E-state index contributed by atoms with van der Waals surface area (Å²) >= 11 is 0. The van der Waals surface area contributed by atoms with Gasteiger partial charge in [0.2, 0.25) is 0 Å². The summed E-state index contributed by atoms with van der Waals surface area (Å²) in [5, 5.41) is 0. The number of ether oxygens (including phenoxy) is 3. The van der Waals surface area contributed by atoms with E-state index in [1.165, 1.54) is 128 Å². The molecule has 0 radical (unpaired) electrons. The molecule has 1 atom stereocenters. The van der Waals surface area contributed by atoms with Gasteiger partial charge in [0, 0.05) is 19.3 Å². The van der Waals surface area contributed by atoms with Gasteiger partial charge in [-0.25, -0.2) is 0 Å². The lowest BCUT2D eigenvalue weighted by atomic mass is 10.0. The van der Waals surface area contributed by atoms with Gasteiger partial charge >= 0.3 is 17.9 Å². The zero-order valence-electron chi connectivity index (χ0n) is 52.8. The predicted molar refractivity (Wildman–Crippen MR) is 353 cm³/mol. The van der Waals surface area contributed by atoms with Gasteiger partial charge in [0.1, 0.15) is 13.2 Å². The van der Waals surface area contributed by atoms with E-state index in [-0.39, 0.29) is 37.5 Å². The fourth-order valence-electron chi connectivity index (χ4n) is 9.14. The van der Waals surface area contributed by atoms with Crippen LogP contribution in [0.1, 0.15) is 303 Å². The molecule has 0 spiro atoms. The predicted octanol–water partition coefficient (Wildman–Crippen LogP) is 23.3. The van der Waals surface area contributed by atoms with E-state index >= 15 is 0 Å². The second-order valence-electron chi connectivity index (χ2n) is 22.0. The molecular formula is C75H124O6. The molecule has 0 fully saturated rings. The van der Waals surface area contributed by atoms with Gasteiger partial charge in [-0.3, -0.25) is 14.4 Å². The smallest absolute Gasteiger partial charge is 0.306 e. The quantitative estimate of drug-likeness (QED) is 0.0261. The molecule has 0 aliphatic rings. The van der Waals surface area contributed by atoms with E-state index in [2.05, 4.69) is 154 Å². The number of hydrogen-bond donors (Lipinski definition) is 0. The molecule has 0 amide bonds. The van der Waals surface area contributed by atoms with Crippen LogP contribution in [0.4, 0.5) is 0 Å². The molecule has 1 unspecified atom stereocenters. The summed E-state index contributed by atoms with van der Waals surface area (Å²) in [6.07, 6.45) is 96.2. The Labute approximate surface area is 500 Å². The average Bonchev–Trinajstić information content (AvgIpc) is 3.46. The lowest BCUT2D eigenvalue weighted by molar-refractivity contribution is -0.167. The van der Waals surface area contributed by atoms with Crippen LogP contribution >= 0.6 is 0 Å². The molecule has 0 aliphatic carbocycles. The van der Waals surface area contributed by atoms with E-state index in [0.29, 0.717) is 19.3 Å². The van der Waals surface area contributed by atoms with Crippen molar-refractivity contribution in [2.75, 3.05) is 13.2 Å². The molecular weight excluding hydrogens is 997 g/mol. The van der Waals surface area contributed by atoms with E-state index in [1.54, 1.807) is 0 Å². The van der Waals surface area contributed by atoms with Crippen molar-refractivity contribution in [3.63, 3.8) is 0 Å². The Kier molecular flexibility index (Phi) is 64.3. The number of esters is 3. The normalized spacial score (nSPS) is 13.0. The molecule has 0 saturated heterocycles. The van der Waals surface area contributed by atoms with Crippen LogP contribution in [0.2, 0.25) is 0 Å². The molecule has 81 heavy (non-hydrogen) atoms. The minimum Gasteiger partial charge on any atom is -0.462 e. The Morgan fingerprint density at radius 1 is 0.259 bits per heavy atom. The number of unbranched alkanes of at least 4 members (excludes halogenated alkanes) is 27. The molecule has 0 saturated carbocycles. The lowest BCUT2D eigenvalue weighted by Gasteiger charge is -2.18. The second kappa shape index (κ2) is 68.1. The molecule has 0 aromatic rings. The first-order valence-corrected chi connectivity index (χ1v) is 33.7. The highest BCUT2D eigenvalue weighted by molar-refractivity contribution is 5.71. The third-order valence-corrected chi connectivity index (χ3v) is 14.1. The first-order chi connectivity index (χ1) is 40.0. The first kappa shape index (κ1) is 76.5. The zero-order valence-corrected chi connectivity index (χ0v) is 52.8.